The number of anilines is 1. The maximum Gasteiger partial charge on any atom is 0.271 e. The van der Waals surface area contributed by atoms with Crippen molar-refractivity contribution in [1.82, 2.24) is 14.9 Å². The highest BCUT2D eigenvalue weighted by Crippen LogP contribution is 2.27. The van der Waals surface area contributed by atoms with Gasteiger partial charge < -0.3 is 15.9 Å². The Bertz CT molecular complexity index is 1060. The first-order chi connectivity index (χ1) is 13.9. The van der Waals surface area contributed by atoms with Crippen molar-refractivity contribution in [1.29, 1.82) is 0 Å². The molecule has 0 unspecified atom stereocenters. The van der Waals surface area contributed by atoms with Gasteiger partial charge >= 0.3 is 0 Å². The third-order valence-corrected chi connectivity index (χ3v) is 5.04. The molecule has 3 N–H and O–H groups in total. The summed E-state index contributed by atoms with van der Waals surface area (Å²) in [5, 5.41) is 21.8. The van der Waals surface area contributed by atoms with E-state index in [0.717, 1.165) is 17.3 Å². The molecular weight excluding hydrogens is 420 g/mol. The van der Waals surface area contributed by atoms with Crippen LogP contribution in [0.2, 0.25) is 5.02 Å². The van der Waals surface area contributed by atoms with Gasteiger partial charge in [-0.25, -0.2) is 4.68 Å². The van der Waals surface area contributed by atoms with E-state index in [1.54, 1.807) is 31.4 Å². The Morgan fingerprint density at radius 3 is 2.66 bits per heavy atom. The summed E-state index contributed by atoms with van der Waals surface area (Å²) in [6.45, 7) is 0. The first-order valence-electron chi connectivity index (χ1n) is 8.10. The average Bonchev–Trinajstić information content (AvgIpc) is 3.08. The smallest absolute Gasteiger partial charge is 0.271 e. The largest absolute Gasteiger partial charge is 0.497 e. The number of benzene rings is 2. The number of nitrogen functional groups attached to an aromatic ring is 1. The number of nitro benzene ring substituents is 1. The molecule has 0 bridgehead atoms. The molecule has 2 aromatic carbocycles. The van der Waals surface area contributed by atoms with E-state index >= 15 is 0 Å². The van der Waals surface area contributed by atoms with Crippen LogP contribution in [-0.2, 0) is 4.79 Å². The maximum absolute atomic E-state index is 12.2. The predicted molar refractivity (Wildman–Crippen MR) is 110 cm³/mol. The number of ether oxygens (including phenoxy) is 1. The number of nitrogens with one attached hydrogen (secondary N) is 1. The number of thioether (sulfide) groups is 1. The maximum atomic E-state index is 12.2. The molecule has 0 spiro atoms. The number of carbonyl (C=O) groups is 1. The van der Waals surface area contributed by atoms with E-state index in [2.05, 4.69) is 15.5 Å². The summed E-state index contributed by atoms with van der Waals surface area (Å²) in [4.78, 5) is 22.3. The lowest BCUT2D eigenvalue weighted by Gasteiger charge is -2.07. The van der Waals surface area contributed by atoms with Gasteiger partial charge in [0.2, 0.25) is 11.1 Å². The van der Waals surface area contributed by atoms with Gasteiger partial charge in [-0.2, -0.15) is 0 Å². The van der Waals surface area contributed by atoms with Crippen LogP contribution >= 0.6 is 23.4 Å². The first-order valence-corrected chi connectivity index (χ1v) is 9.47. The van der Waals surface area contributed by atoms with Gasteiger partial charge in [-0.3, -0.25) is 14.9 Å². The number of methoxy groups -OCH3 is 1. The lowest BCUT2D eigenvalue weighted by atomic mass is 10.2. The van der Waals surface area contributed by atoms with Crippen LogP contribution in [0.4, 0.5) is 11.4 Å². The fourth-order valence-corrected chi connectivity index (χ4v) is 3.23. The number of halogens is 1. The molecule has 0 radical (unpaired) electrons. The Hall–Kier alpha value is -3.31. The number of nitrogens with zero attached hydrogens (tertiary/aromatic N) is 4. The van der Waals surface area contributed by atoms with Crippen molar-refractivity contribution in [3.05, 3.63) is 57.6 Å². The molecule has 1 aromatic heterocycles. The molecule has 3 aromatic rings. The number of hydrogen-bond donors (Lipinski definition) is 2. The number of nitro groups is 1. The number of hydrogen-bond acceptors (Lipinski definition) is 8. The van der Waals surface area contributed by atoms with Crippen molar-refractivity contribution in [2.24, 2.45) is 0 Å². The summed E-state index contributed by atoms with van der Waals surface area (Å²) >= 11 is 7.06. The van der Waals surface area contributed by atoms with Crippen LogP contribution in [0.5, 0.6) is 5.75 Å². The van der Waals surface area contributed by atoms with Crippen LogP contribution in [0.25, 0.3) is 11.4 Å². The van der Waals surface area contributed by atoms with Crippen LogP contribution in [-0.4, -0.2) is 38.6 Å². The summed E-state index contributed by atoms with van der Waals surface area (Å²) in [7, 11) is 1.57. The lowest BCUT2D eigenvalue weighted by molar-refractivity contribution is -0.384. The molecule has 0 fully saturated rings. The van der Waals surface area contributed by atoms with Crippen LogP contribution in [0.3, 0.4) is 0 Å². The normalized spacial score (nSPS) is 10.6. The van der Waals surface area contributed by atoms with Gasteiger partial charge in [0.15, 0.2) is 5.82 Å². The number of nitrogens with two attached hydrogens (primary N) is 1. The van der Waals surface area contributed by atoms with Gasteiger partial charge in [-0.15, -0.1) is 10.2 Å². The summed E-state index contributed by atoms with van der Waals surface area (Å²) in [6, 6.07) is 10.9. The van der Waals surface area contributed by atoms with Gasteiger partial charge in [0.05, 0.1) is 28.5 Å². The molecule has 0 saturated heterocycles. The highest BCUT2D eigenvalue weighted by molar-refractivity contribution is 7.99. The van der Waals surface area contributed by atoms with E-state index in [1.807, 2.05) is 0 Å². The van der Waals surface area contributed by atoms with Crippen LogP contribution < -0.4 is 15.9 Å². The Balaban J connectivity index is 1.63. The molecular formula is C17H15ClN6O4S. The Kier molecular flexibility index (Phi) is 6.20. The third-order valence-electron chi connectivity index (χ3n) is 3.78. The van der Waals surface area contributed by atoms with Crippen molar-refractivity contribution < 1.29 is 14.5 Å². The number of rotatable bonds is 7. The summed E-state index contributed by atoms with van der Waals surface area (Å²) in [5.74, 6) is 6.79. The molecule has 150 valence electrons. The standard InChI is InChI=1S/C17H15ClN6O4S/c1-28-12-5-2-10(3-6-12)16-21-22-17(23(16)19)29-9-15(25)20-14-7-4-11(24(26)27)8-13(14)18/h2-8H,9,19H2,1H3,(H,20,25). The van der Waals surface area contributed by atoms with Crippen LogP contribution in [0.15, 0.2) is 47.6 Å². The second-order valence-corrected chi connectivity index (χ2v) is 7.01. The monoisotopic (exact) mass is 434 g/mol. The summed E-state index contributed by atoms with van der Waals surface area (Å²) in [6.07, 6.45) is 0. The first kappa shape index (κ1) is 20.4. The minimum atomic E-state index is -0.568. The van der Waals surface area contributed by atoms with E-state index < -0.39 is 4.92 Å². The second kappa shape index (κ2) is 8.80. The molecule has 1 amide bonds. The van der Waals surface area contributed by atoms with E-state index in [0.29, 0.717) is 16.7 Å². The zero-order chi connectivity index (χ0) is 21.0. The molecule has 3 rings (SSSR count). The number of carbonyl (C=O) groups excluding carboxylic acids is 1. The SMILES string of the molecule is COc1ccc(-c2nnc(SCC(=O)Nc3ccc([N+](=O)[O-])cc3Cl)n2N)cc1. The van der Waals surface area contributed by atoms with Gasteiger partial charge in [0.25, 0.3) is 5.69 Å². The molecule has 29 heavy (non-hydrogen) atoms. The third kappa shape index (κ3) is 4.76. The molecule has 0 atom stereocenters. The second-order valence-electron chi connectivity index (χ2n) is 5.66. The van der Waals surface area contributed by atoms with Crippen LogP contribution in [0, 0.1) is 10.1 Å². The Morgan fingerprint density at radius 1 is 1.31 bits per heavy atom. The Morgan fingerprint density at radius 2 is 2.03 bits per heavy atom. The van der Waals surface area contributed by atoms with E-state index in [-0.39, 0.29) is 28.1 Å². The van der Waals surface area contributed by atoms with Crippen molar-refractivity contribution in [3.63, 3.8) is 0 Å². The zero-order valence-corrected chi connectivity index (χ0v) is 16.6. The van der Waals surface area contributed by atoms with Crippen molar-refractivity contribution in [2.45, 2.75) is 5.16 Å². The average molecular weight is 435 g/mol. The molecule has 1 heterocycles. The minimum absolute atomic E-state index is 0.00867. The topological polar surface area (TPSA) is 138 Å². The molecule has 12 heteroatoms. The van der Waals surface area contributed by atoms with Crippen molar-refractivity contribution in [2.75, 3.05) is 24.0 Å². The molecule has 0 aliphatic rings. The Labute approximate surface area is 174 Å². The van der Waals surface area contributed by atoms with Crippen molar-refractivity contribution in [3.8, 4) is 17.1 Å². The van der Waals surface area contributed by atoms with E-state index in [4.69, 9.17) is 22.2 Å². The van der Waals surface area contributed by atoms with E-state index in [9.17, 15) is 14.9 Å². The molecule has 0 saturated carbocycles. The van der Waals surface area contributed by atoms with Crippen molar-refractivity contribution >= 4 is 40.6 Å². The number of non-ortho nitro benzene ring substituents is 1. The number of amides is 1. The quantitative estimate of drug-likeness (QED) is 0.250. The molecule has 0 aliphatic carbocycles. The number of aromatic nitrogens is 3. The van der Waals surface area contributed by atoms with E-state index in [1.165, 1.54) is 22.9 Å². The van der Waals surface area contributed by atoms with Gasteiger partial charge in [0.1, 0.15) is 5.75 Å². The van der Waals surface area contributed by atoms with Gasteiger partial charge in [-0.05, 0) is 30.3 Å². The fraction of sp³-hybridized carbons (Fsp3) is 0.118. The minimum Gasteiger partial charge on any atom is -0.497 e. The fourth-order valence-electron chi connectivity index (χ4n) is 2.35. The summed E-state index contributed by atoms with van der Waals surface area (Å²) in [5.41, 5.74) is 0.857. The molecule has 10 nitrogen and oxygen atoms in total. The summed E-state index contributed by atoms with van der Waals surface area (Å²) < 4.78 is 6.41. The zero-order valence-electron chi connectivity index (χ0n) is 15.0. The van der Waals surface area contributed by atoms with Gasteiger partial charge in [-0.1, -0.05) is 23.4 Å². The van der Waals surface area contributed by atoms with Crippen LogP contribution in [0.1, 0.15) is 0 Å². The predicted octanol–water partition coefficient (Wildman–Crippen LogP) is 2.96. The van der Waals surface area contributed by atoms with Gasteiger partial charge in [0, 0.05) is 17.7 Å². The molecule has 0 aliphatic heterocycles. The highest BCUT2D eigenvalue weighted by Gasteiger charge is 2.15. The highest BCUT2D eigenvalue weighted by atomic mass is 35.5. The lowest BCUT2D eigenvalue weighted by Crippen LogP contribution is -2.16.